The van der Waals surface area contributed by atoms with Gasteiger partial charge >= 0.3 is 6.03 Å². The van der Waals surface area contributed by atoms with E-state index in [0.29, 0.717) is 19.7 Å². The molecular formula is C18H31N3O3. The predicted molar refractivity (Wildman–Crippen MR) is 97.1 cm³/mol. The summed E-state index contributed by atoms with van der Waals surface area (Å²) < 4.78 is 10.8. The molecule has 0 unspecified atom stereocenters. The Bertz CT molecular complexity index is 490. The number of methoxy groups -OCH3 is 1. The van der Waals surface area contributed by atoms with Gasteiger partial charge in [0.15, 0.2) is 11.5 Å². The predicted octanol–water partition coefficient (Wildman–Crippen LogP) is 2.28. The van der Waals surface area contributed by atoms with Gasteiger partial charge in [0.25, 0.3) is 0 Å². The van der Waals surface area contributed by atoms with Gasteiger partial charge in [0.05, 0.1) is 13.7 Å². The summed E-state index contributed by atoms with van der Waals surface area (Å²) in [6.07, 6.45) is 0.742. The molecule has 0 radical (unpaired) electrons. The number of urea groups is 1. The van der Waals surface area contributed by atoms with E-state index in [9.17, 15) is 4.79 Å². The Balaban J connectivity index is 2.32. The van der Waals surface area contributed by atoms with E-state index in [4.69, 9.17) is 9.47 Å². The van der Waals surface area contributed by atoms with Gasteiger partial charge in [-0.05, 0) is 44.1 Å². The van der Waals surface area contributed by atoms with E-state index in [1.54, 1.807) is 7.11 Å². The number of ether oxygens (including phenoxy) is 2. The van der Waals surface area contributed by atoms with Crippen LogP contribution in [-0.4, -0.2) is 57.4 Å². The Kier molecular flexibility index (Phi) is 9.68. The van der Waals surface area contributed by atoms with E-state index >= 15 is 0 Å². The fraction of sp³-hybridized carbons (Fsp3) is 0.611. The monoisotopic (exact) mass is 337 g/mol. The number of nitrogens with zero attached hydrogens (tertiary/aromatic N) is 1. The van der Waals surface area contributed by atoms with E-state index in [1.165, 1.54) is 0 Å². The maximum Gasteiger partial charge on any atom is 0.314 e. The number of rotatable bonds is 11. The van der Waals surface area contributed by atoms with Crippen molar-refractivity contribution in [1.29, 1.82) is 0 Å². The molecule has 0 fully saturated rings. The summed E-state index contributed by atoms with van der Waals surface area (Å²) in [5.41, 5.74) is 1.10. The van der Waals surface area contributed by atoms with Crippen LogP contribution in [0.4, 0.5) is 4.79 Å². The van der Waals surface area contributed by atoms with Crippen LogP contribution in [0.15, 0.2) is 18.2 Å². The molecule has 0 heterocycles. The molecule has 2 amide bonds. The second kappa shape index (κ2) is 11.6. The van der Waals surface area contributed by atoms with Crippen molar-refractivity contribution in [2.75, 3.05) is 46.4 Å². The Morgan fingerprint density at radius 2 is 1.79 bits per heavy atom. The normalized spacial score (nSPS) is 10.5. The van der Waals surface area contributed by atoms with Crippen LogP contribution in [0.1, 0.15) is 26.3 Å². The first-order valence-electron chi connectivity index (χ1n) is 8.68. The van der Waals surface area contributed by atoms with Crippen LogP contribution in [0.2, 0.25) is 0 Å². The lowest BCUT2D eigenvalue weighted by molar-refractivity contribution is 0.237. The molecule has 0 aromatic heterocycles. The third kappa shape index (κ3) is 7.08. The number of carbonyl (C=O) groups excluding carboxylic acids is 1. The first-order valence-corrected chi connectivity index (χ1v) is 8.68. The average Bonchev–Trinajstić information content (AvgIpc) is 2.60. The average molecular weight is 337 g/mol. The molecule has 0 atom stereocenters. The lowest BCUT2D eigenvalue weighted by Crippen LogP contribution is -2.41. The number of amides is 2. The number of hydrogen-bond donors (Lipinski definition) is 2. The molecule has 1 aromatic rings. The molecule has 0 aliphatic heterocycles. The number of benzene rings is 1. The molecule has 1 aromatic carbocycles. The number of hydrogen-bond acceptors (Lipinski definition) is 4. The molecule has 6 nitrogen and oxygen atoms in total. The van der Waals surface area contributed by atoms with Crippen LogP contribution < -0.4 is 20.1 Å². The van der Waals surface area contributed by atoms with Gasteiger partial charge in [0, 0.05) is 19.6 Å². The highest BCUT2D eigenvalue weighted by molar-refractivity contribution is 5.73. The maximum absolute atomic E-state index is 11.8. The summed E-state index contributed by atoms with van der Waals surface area (Å²) in [7, 11) is 1.63. The van der Waals surface area contributed by atoms with Crippen LogP contribution in [0.3, 0.4) is 0 Å². The molecule has 0 saturated carbocycles. The van der Waals surface area contributed by atoms with E-state index in [-0.39, 0.29) is 6.03 Å². The molecule has 0 aliphatic rings. The molecule has 24 heavy (non-hydrogen) atoms. The molecule has 1 rings (SSSR count). The SMILES string of the molecule is CCOc1ccc(CCNC(=O)NCCN(CC)CC)cc1OC. The summed E-state index contributed by atoms with van der Waals surface area (Å²) in [5, 5.41) is 5.76. The number of likely N-dealkylation sites (N-methyl/N-ethyl adjacent to an activating group) is 1. The smallest absolute Gasteiger partial charge is 0.314 e. The number of carbonyl (C=O) groups is 1. The maximum atomic E-state index is 11.8. The molecular weight excluding hydrogens is 306 g/mol. The second-order valence-electron chi connectivity index (χ2n) is 5.38. The van der Waals surface area contributed by atoms with Crippen LogP contribution >= 0.6 is 0 Å². The van der Waals surface area contributed by atoms with Crippen molar-refractivity contribution in [2.45, 2.75) is 27.2 Å². The summed E-state index contributed by atoms with van der Waals surface area (Å²) in [4.78, 5) is 14.0. The molecule has 2 N–H and O–H groups in total. The lowest BCUT2D eigenvalue weighted by atomic mass is 10.1. The summed E-state index contributed by atoms with van der Waals surface area (Å²) in [5.74, 6) is 1.46. The van der Waals surface area contributed by atoms with Crippen molar-refractivity contribution < 1.29 is 14.3 Å². The van der Waals surface area contributed by atoms with Gasteiger partial charge in [0.2, 0.25) is 0 Å². The third-order valence-corrected chi connectivity index (χ3v) is 3.84. The molecule has 0 bridgehead atoms. The fourth-order valence-corrected chi connectivity index (χ4v) is 2.39. The zero-order valence-corrected chi connectivity index (χ0v) is 15.4. The second-order valence-corrected chi connectivity index (χ2v) is 5.38. The van der Waals surface area contributed by atoms with Crippen LogP contribution in [-0.2, 0) is 6.42 Å². The van der Waals surface area contributed by atoms with E-state index < -0.39 is 0 Å². The third-order valence-electron chi connectivity index (χ3n) is 3.84. The van der Waals surface area contributed by atoms with Gasteiger partial charge in [-0.3, -0.25) is 0 Å². The van der Waals surface area contributed by atoms with Crippen molar-refractivity contribution in [3.05, 3.63) is 23.8 Å². The first-order chi connectivity index (χ1) is 11.6. The molecule has 0 saturated heterocycles. The van der Waals surface area contributed by atoms with E-state index in [2.05, 4.69) is 29.4 Å². The highest BCUT2D eigenvalue weighted by Crippen LogP contribution is 2.28. The number of nitrogens with one attached hydrogen (secondary N) is 2. The van der Waals surface area contributed by atoms with Crippen LogP contribution in [0.25, 0.3) is 0 Å². The Labute approximate surface area is 145 Å². The minimum atomic E-state index is -0.125. The first kappa shape index (κ1) is 20.1. The van der Waals surface area contributed by atoms with E-state index in [1.807, 2.05) is 25.1 Å². The summed E-state index contributed by atoms with van der Waals surface area (Å²) in [6, 6.07) is 5.72. The summed E-state index contributed by atoms with van der Waals surface area (Å²) >= 11 is 0. The van der Waals surface area contributed by atoms with Gasteiger partial charge in [-0.15, -0.1) is 0 Å². The van der Waals surface area contributed by atoms with E-state index in [0.717, 1.165) is 43.1 Å². The van der Waals surface area contributed by atoms with Crippen molar-refractivity contribution >= 4 is 6.03 Å². The zero-order chi connectivity index (χ0) is 17.8. The lowest BCUT2D eigenvalue weighted by Gasteiger charge is -2.18. The highest BCUT2D eigenvalue weighted by Gasteiger charge is 2.06. The van der Waals surface area contributed by atoms with Gasteiger partial charge in [0.1, 0.15) is 0 Å². The van der Waals surface area contributed by atoms with Gasteiger partial charge in [-0.1, -0.05) is 19.9 Å². The minimum absolute atomic E-state index is 0.125. The Hall–Kier alpha value is -1.95. The van der Waals surface area contributed by atoms with Gasteiger partial charge in [-0.25, -0.2) is 4.79 Å². The Morgan fingerprint density at radius 1 is 1.08 bits per heavy atom. The van der Waals surface area contributed by atoms with Crippen LogP contribution in [0.5, 0.6) is 11.5 Å². The van der Waals surface area contributed by atoms with Crippen molar-refractivity contribution in [1.82, 2.24) is 15.5 Å². The quantitative estimate of drug-likeness (QED) is 0.650. The van der Waals surface area contributed by atoms with Gasteiger partial charge in [-0.2, -0.15) is 0 Å². The minimum Gasteiger partial charge on any atom is -0.493 e. The molecule has 0 spiro atoms. The highest BCUT2D eigenvalue weighted by atomic mass is 16.5. The molecule has 136 valence electrons. The Morgan fingerprint density at radius 3 is 2.42 bits per heavy atom. The van der Waals surface area contributed by atoms with Crippen molar-refractivity contribution in [3.63, 3.8) is 0 Å². The van der Waals surface area contributed by atoms with Crippen molar-refractivity contribution in [3.8, 4) is 11.5 Å². The topological polar surface area (TPSA) is 62.8 Å². The molecule has 0 aliphatic carbocycles. The molecule has 6 heteroatoms. The van der Waals surface area contributed by atoms with Gasteiger partial charge < -0.3 is 25.0 Å². The van der Waals surface area contributed by atoms with Crippen molar-refractivity contribution in [2.24, 2.45) is 0 Å². The fourth-order valence-electron chi connectivity index (χ4n) is 2.39. The largest absolute Gasteiger partial charge is 0.493 e. The standard InChI is InChI=1S/C18H31N3O3/c1-5-21(6-2)13-12-20-18(22)19-11-10-15-8-9-16(24-7-3)17(14-15)23-4/h8-9,14H,5-7,10-13H2,1-4H3,(H2,19,20,22). The van der Waals surface area contributed by atoms with Crippen LogP contribution in [0, 0.1) is 0 Å². The summed E-state index contributed by atoms with van der Waals surface area (Å²) in [6.45, 7) is 10.9. The zero-order valence-electron chi connectivity index (χ0n) is 15.4.